The number of nitrogens with zero attached hydrogens (tertiary/aromatic N) is 2. The highest BCUT2D eigenvalue weighted by Gasteiger charge is 2.06. The first kappa shape index (κ1) is 14.1. The van der Waals surface area contributed by atoms with Gasteiger partial charge in [-0.05, 0) is 32.9 Å². The lowest BCUT2D eigenvalue weighted by atomic mass is 10.3. The summed E-state index contributed by atoms with van der Waals surface area (Å²) < 4.78 is 5.32. The zero-order valence-corrected chi connectivity index (χ0v) is 12.3. The summed E-state index contributed by atoms with van der Waals surface area (Å²) in [6.07, 6.45) is 0. The van der Waals surface area contributed by atoms with Gasteiger partial charge in [-0.25, -0.2) is 9.97 Å². The van der Waals surface area contributed by atoms with Crippen molar-refractivity contribution < 1.29 is 4.74 Å². The summed E-state index contributed by atoms with van der Waals surface area (Å²) in [5.41, 5.74) is 0.878. The molecular formula is C15H20N4O. The molecule has 106 valence electrons. The van der Waals surface area contributed by atoms with Gasteiger partial charge in [0.25, 0.3) is 0 Å². The van der Waals surface area contributed by atoms with Crippen LogP contribution in [0.2, 0.25) is 0 Å². The van der Waals surface area contributed by atoms with Gasteiger partial charge in [0.2, 0.25) is 0 Å². The second-order valence-corrected chi connectivity index (χ2v) is 4.81. The molecule has 2 N–H and O–H groups in total. The number of methoxy groups -OCH3 is 1. The Bertz CT molecular complexity index is 584. The molecule has 20 heavy (non-hydrogen) atoms. The van der Waals surface area contributed by atoms with E-state index in [2.05, 4.69) is 34.4 Å². The average molecular weight is 272 g/mol. The van der Waals surface area contributed by atoms with Crippen LogP contribution in [0.25, 0.3) is 0 Å². The van der Waals surface area contributed by atoms with E-state index in [4.69, 9.17) is 4.74 Å². The first-order chi connectivity index (χ1) is 9.58. The van der Waals surface area contributed by atoms with Gasteiger partial charge in [0.1, 0.15) is 23.2 Å². The highest BCUT2D eigenvalue weighted by Crippen LogP contribution is 2.26. The molecule has 0 unspecified atom stereocenters. The number of nitrogens with one attached hydrogen (secondary N) is 2. The minimum atomic E-state index is 0.323. The lowest BCUT2D eigenvalue weighted by Gasteiger charge is -2.13. The molecule has 0 saturated carbocycles. The van der Waals surface area contributed by atoms with E-state index in [0.29, 0.717) is 11.9 Å². The van der Waals surface area contributed by atoms with Crippen molar-refractivity contribution in [3.05, 3.63) is 36.2 Å². The van der Waals surface area contributed by atoms with Crippen LogP contribution in [0, 0.1) is 6.92 Å². The molecular weight excluding hydrogens is 252 g/mol. The fourth-order valence-corrected chi connectivity index (χ4v) is 1.89. The largest absolute Gasteiger partial charge is 0.495 e. The van der Waals surface area contributed by atoms with Crippen molar-refractivity contribution in [2.24, 2.45) is 0 Å². The first-order valence-corrected chi connectivity index (χ1v) is 6.60. The zero-order valence-electron chi connectivity index (χ0n) is 12.3. The standard InChI is InChI=1S/C15H20N4O/c1-10(2)16-14-9-15(18-11(3)17-14)19-12-7-5-6-8-13(12)20-4/h5-10H,1-4H3,(H2,16,17,18,19). The molecule has 0 atom stereocenters. The van der Waals surface area contributed by atoms with Crippen LogP contribution in [0.15, 0.2) is 30.3 Å². The topological polar surface area (TPSA) is 59.1 Å². The van der Waals surface area contributed by atoms with E-state index < -0.39 is 0 Å². The van der Waals surface area contributed by atoms with Gasteiger partial charge in [-0.3, -0.25) is 0 Å². The van der Waals surface area contributed by atoms with Crippen LogP contribution >= 0.6 is 0 Å². The first-order valence-electron chi connectivity index (χ1n) is 6.60. The van der Waals surface area contributed by atoms with Crippen LogP contribution in [0.3, 0.4) is 0 Å². The SMILES string of the molecule is COc1ccccc1Nc1cc(NC(C)C)nc(C)n1. The predicted octanol–water partition coefficient (Wildman–Crippen LogP) is 3.36. The Labute approximate surface area is 119 Å². The molecule has 0 spiro atoms. The molecule has 0 fully saturated rings. The highest BCUT2D eigenvalue weighted by atomic mass is 16.5. The zero-order chi connectivity index (χ0) is 14.5. The van der Waals surface area contributed by atoms with E-state index in [1.807, 2.05) is 37.3 Å². The number of para-hydroxylation sites is 2. The number of anilines is 3. The van der Waals surface area contributed by atoms with Gasteiger partial charge in [-0.2, -0.15) is 0 Å². The fourth-order valence-electron chi connectivity index (χ4n) is 1.89. The second kappa shape index (κ2) is 6.23. The van der Waals surface area contributed by atoms with E-state index in [0.717, 1.165) is 23.1 Å². The number of aromatic nitrogens is 2. The molecule has 1 aromatic heterocycles. The Kier molecular flexibility index (Phi) is 4.40. The van der Waals surface area contributed by atoms with Crippen LogP contribution in [-0.4, -0.2) is 23.1 Å². The van der Waals surface area contributed by atoms with Crippen LogP contribution in [0.5, 0.6) is 5.75 Å². The summed E-state index contributed by atoms with van der Waals surface area (Å²) >= 11 is 0. The molecule has 5 heteroatoms. The maximum atomic E-state index is 5.32. The molecule has 0 saturated heterocycles. The van der Waals surface area contributed by atoms with Gasteiger partial charge in [-0.1, -0.05) is 12.1 Å². The van der Waals surface area contributed by atoms with Crippen molar-refractivity contribution >= 4 is 17.3 Å². The second-order valence-electron chi connectivity index (χ2n) is 4.81. The van der Waals surface area contributed by atoms with Gasteiger partial charge < -0.3 is 15.4 Å². The number of ether oxygens (including phenoxy) is 1. The van der Waals surface area contributed by atoms with E-state index in [1.54, 1.807) is 7.11 Å². The average Bonchev–Trinajstić information content (AvgIpc) is 2.37. The number of aryl methyl sites for hydroxylation is 1. The molecule has 0 aliphatic carbocycles. The molecule has 2 rings (SSSR count). The third-order valence-corrected chi connectivity index (χ3v) is 2.64. The molecule has 0 bridgehead atoms. The van der Waals surface area contributed by atoms with Crippen molar-refractivity contribution in [1.82, 2.24) is 9.97 Å². The van der Waals surface area contributed by atoms with Crippen molar-refractivity contribution in [3.8, 4) is 5.75 Å². The molecule has 0 aliphatic rings. The molecule has 1 heterocycles. The normalized spacial score (nSPS) is 10.4. The van der Waals surface area contributed by atoms with Crippen LogP contribution < -0.4 is 15.4 Å². The summed E-state index contributed by atoms with van der Waals surface area (Å²) in [5, 5.41) is 6.54. The van der Waals surface area contributed by atoms with Crippen molar-refractivity contribution in [2.75, 3.05) is 17.7 Å². The van der Waals surface area contributed by atoms with Crippen molar-refractivity contribution in [3.63, 3.8) is 0 Å². The third-order valence-electron chi connectivity index (χ3n) is 2.64. The van der Waals surface area contributed by atoms with Gasteiger partial charge in [-0.15, -0.1) is 0 Å². The van der Waals surface area contributed by atoms with Gasteiger partial charge in [0.05, 0.1) is 12.8 Å². The van der Waals surface area contributed by atoms with E-state index in [-0.39, 0.29) is 0 Å². The molecule has 2 aromatic rings. The fraction of sp³-hybridized carbons (Fsp3) is 0.333. The minimum Gasteiger partial charge on any atom is -0.495 e. The quantitative estimate of drug-likeness (QED) is 0.874. The monoisotopic (exact) mass is 272 g/mol. The van der Waals surface area contributed by atoms with Gasteiger partial charge in [0, 0.05) is 12.1 Å². The summed E-state index contributed by atoms with van der Waals surface area (Å²) in [7, 11) is 1.65. The van der Waals surface area contributed by atoms with Crippen LogP contribution in [0.1, 0.15) is 19.7 Å². The lowest BCUT2D eigenvalue weighted by Crippen LogP contribution is -2.12. The number of hydrogen-bond acceptors (Lipinski definition) is 5. The smallest absolute Gasteiger partial charge is 0.142 e. The lowest BCUT2D eigenvalue weighted by molar-refractivity contribution is 0.417. The Balaban J connectivity index is 2.26. The van der Waals surface area contributed by atoms with E-state index >= 15 is 0 Å². The number of hydrogen-bond donors (Lipinski definition) is 2. The highest BCUT2D eigenvalue weighted by molar-refractivity contribution is 5.65. The molecule has 5 nitrogen and oxygen atoms in total. The molecule has 0 amide bonds. The summed E-state index contributed by atoms with van der Waals surface area (Å²) in [5.74, 6) is 3.05. The van der Waals surface area contributed by atoms with Crippen LogP contribution in [0.4, 0.5) is 17.3 Å². The maximum absolute atomic E-state index is 5.32. The van der Waals surface area contributed by atoms with Crippen molar-refractivity contribution in [1.29, 1.82) is 0 Å². The Morgan fingerprint density at radius 3 is 2.50 bits per heavy atom. The maximum Gasteiger partial charge on any atom is 0.142 e. The van der Waals surface area contributed by atoms with Gasteiger partial charge >= 0.3 is 0 Å². The van der Waals surface area contributed by atoms with Gasteiger partial charge in [0.15, 0.2) is 0 Å². The molecule has 1 aromatic carbocycles. The molecule has 0 aliphatic heterocycles. The Morgan fingerprint density at radius 2 is 1.80 bits per heavy atom. The Hall–Kier alpha value is -2.30. The Morgan fingerprint density at radius 1 is 1.10 bits per heavy atom. The van der Waals surface area contributed by atoms with Crippen LogP contribution in [-0.2, 0) is 0 Å². The number of benzene rings is 1. The van der Waals surface area contributed by atoms with E-state index in [9.17, 15) is 0 Å². The summed E-state index contributed by atoms with van der Waals surface area (Å²) in [6.45, 7) is 6.02. The molecule has 0 radical (unpaired) electrons. The predicted molar refractivity (Wildman–Crippen MR) is 81.8 cm³/mol. The van der Waals surface area contributed by atoms with Crippen molar-refractivity contribution in [2.45, 2.75) is 26.8 Å². The minimum absolute atomic E-state index is 0.323. The van der Waals surface area contributed by atoms with E-state index in [1.165, 1.54) is 0 Å². The summed E-state index contributed by atoms with van der Waals surface area (Å²) in [4.78, 5) is 8.76. The third kappa shape index (κ3) is 3.60. The summed E-state index contributed by atoms with van der Waals surface area (Å²) in [6, 6.07) is 9.95. The number of rotatable bonds is 5.